The molecule has 0 aliphatic rings. The van der Waals surface area contributed by atoms with Crippen LogP contribution in [0.1, 0.15) is 32.6 Å². The molecule has 0 unspecified atom stereocenters. The highest BCUT2D eigenvalue weighted by atomic mass is 31.2. The predicted octanol–water partition coefficient (Wildman–Crippen LogP) is 1.86. The summed E-state index contributed by atoms with van der Waals surface area (Å²) in [6.07, 6.45) is 7.96. The van der Waals surface area contributed by atoms with Gasteiger partial charge in [-0.2, -0.15) is 14.7 Å². The summed E-state index contributed by atoms with van der Waals surface area (Å²) in [5.74, 6) is 0. The normalized spacial score (nSPS) is 12.7. The third-order valence-corrected chi connectivity index (χ3v) is 2.19. The van der Waals surface area contributed by atoms with Gasteiger partial charge >= 0.3 is 7.94 Å². The lowest BCUT2D eigenvalue weighted by Crippen LogP contribution is -1.90. The van der Waals surface area contributed by atoms with E-state index >= 15 is 0 Å². The van der Waals surface area contributed by atoms with Gasteiger partial charge in [0.2, 0.25) is 0 Å². The molecule has 0 aromatic heterocycles. The van der Waals surface area contributed by atoms with Crippen LogP contribution in [0, 0.1) is 0 Å². The predicted molar refractivity (Wildman–Crippen MR) is 51.7 cm³/mol. The highest BCUT2D eigenvalue weighted by Crippen LogP contribution is 2.44. The van der Waals surface area contributed by atoms with Gasteiger partial charge in [0.25, 0.3) is 0 Å². The quantitative estimate of drug-likeness (QED) is 0.343. The summed E-state index contributed by atoms with van der Waals surface area (Å²) in [6.45, 7) is 2.13. The van der Waals surface area contributed by atoms with Crippen LogP contribution in [0.25, 0.3) is 0 Å². The summed E-state index contributed by atoms with van der Waals surface area (Å²) >= 11 is 0. The number of hydrogen-bond donors (Lipinski definition) is 3. The molecule has 0 radical (unpaired) electrons. The first-order valence-electron chi connectivity index (χ1n) is 4.27. The Morgan fingerprint density at radius 3 is 2.25 bits per heavy atom. The van der Waals surface area contributed by atoms with Gasteiger partial charge < -0.3 is 0 Å². The summed E-state index contributed by atoms with van der Waals surface area (Å²) in [5, 5.41) is 0. The summed E-state index contributed by atoms with van der Waals surface area (Å²) in [4.78, 5) is 25.8. The van der Waals surface area contributed by atoms with Crippen LogP contribution >= 0.6 is 7.94 Å². The first kappa shape index (κ1) is 12.0. The standard InChI is InChI=1S/C8H18O3P/c1-2-3-4-5-6-7-8-12(9,10)11/h6-7,9-11H,2-5,8H2,1H3/q+1. The van der Waals surface area contributed by atoms with E-state index < -0.39 is 7.94 Å². The Morgan fingerprint density at radius 2 is 1.75 bits per heavy atom. The minimum absolute atomic E-state index is 0.0148. The van der Waals surface area contributed by atoms with Gasteiger partial charge in [0.05, 0.1) is 0 Å². The fourth-order valence-corrected chi connectivity index (χ4v) is 1.28. The third kappa shape index (κ3) is 10.0. The van der Waals surface area contributed by atoms with Crippen LogP contribution in [-0.4, -0.2) is 20.8 Å². The van der Waals surface area contributed by atoms with E-state index in [2.05, 4.69) is 6.92 Å². The number of rotatable bonds is 6. The van der Waals surface area contributed by atoms with E-state index in [-0.39, 0.29) is 6.16 Å². The van der Waals surface area contributed by atoms with Crippen molar-refractivity contribution >= 4 is 7.94 Å². The summed E-state index contributed by atoms with van der Waals surface area (Å²) in [5.41, 5.74) is 0. The van der Waals surface area contributed by atoms with Crippen LogP contribution in [0.3, 0.4) is 0 Å². The number of unbranched alkanes of at least 4 members (excludes halogenated alkanes) is 3. The van der Waals surface area contributed by atoms with Crippen molar-refractivity contribution in [2.45, 2.75) is 32.6 Å². The summed E-state index contributed by atoms with van der Waals surface area (Å²) in [7, 11) is -3.56. The molecule has 0 aromatic carbocycles. The van der Waals surface area contributed by atoms with Gasteiger partial charge in [-0.15, -0.1) is 0 Å². The van der Waals surface area contributed by atoms with Crippen molar-refractivity contribution in [2.24, 2.45) is 0 Å². The minimum atomic E-state index is -3.56. The SMILES string of the molecule is CCCCCC=CC[P+](O)(O)O. The molecule has 0 bridgehead atoms. The second-order valence-corrected chi connectivity index (χ2v) is 4.59. The maximum absolute atomic E-state index is 8.59. The van der Waals surface area contributed by atoms with Crippen molar-refractivity contribution in [1.82, 2.24) is 0 Å². The molecule has 3 N–H and O–H groups in total. The smallest absolute Gasteiger partial charge is 0.193 e. The van der Waals surface area contributed by atoms with E-state index in [1.165, 1.54) is 12.8 Å². The Bertz CT molecular complexity index is 129. The monoisotopic (exact) mass is 193 g/mol. The molecule has 0 rings (SSSR count). The van der Waals surface area contributed by atoms with Gasteiger partial charge in [0.15, 0.2) is 6.16 Å². The van der Waals surface area contributed by atoms with E-state index in [0.717, 1.165) is 12.8 Å². The average Bonchev–Trinajstić information content (AvgIpc) is 1.94. The first-order chi connectivity index (χ1) is 5.56. The summed E-state index contributed by atoms with van der Waals surface area (Å²) in [6, 6.07) is 0. The molecule has 0 atom stereocenters. The van der Waals surface area contributed by atoms with E-state index in [0.29, 0.717) is 0 Å². The van der Waals surface area contributed by atoms with Crippen LogP contribution in [0.4, 0.5) is 0 Å². The van der Waals surface area contributed by atoms with E-state index in [1.807, 2.05) is 6.08 Å². The molecule has 0 fully saturated rings. The van der Waals surface area contributed by atoms with E-state index in [4.69, 9.17) is 14.7 Å². The largest absolute Gasteiger partial charge is 0.407 e. The molecule has 12 heavy (non-hydrogen) atoms. The molecule has 0 saturated heterocycles. The molecule has 4 heteroatoms. The van der Waals surface area contributed by atoms with Gasteiger partial charge in [-0.3, -0.25) is 0 Å². The lowest BCUT2D eigenvalue weighted by atomic mass is 10.2. The zero-order valence-corrected chi connectivity index (χ0v) is 8.37. The van der Waals surface area contributed by atoms with Crippen molar-refractivity contribution in [2.75, 3.05) is 6.16 Å². The Hall–Kier alpha value is 0.0500. The van der Waals surface area contributed by atoms with E-state index in [9.17, 15) is 0 Å². The average molecular weight is 193 g/mol. The maximum Gasteiger partial charge on any atom is 0.407 e. The first-order valence-corrected chi connectivity index (χ1v) is 6.11. The van der Waals surface area contributed by atoms with Gasteiger partial charge in [0.1, 0.15) is 0 Å². The van der Waals surface area contributed by atoms with Crippen molar-refractivity contribution in [3.63, 3.8) is 0 Å². The van der Waals surface area contributed by atoms with Gasteiger partial charge in [-0.25, -0.2) is 0 Å². The number of hydrogen-bond acceptors (Lipinski definition) is 3. The molecule has 0 aliphatic heterocycles. The lowest BCUT2D eigenvalue weighted by Gasteiger charge is -1.98. The molecule has 0 heterocycles. The molecule has 0 spiro atoms. The highest BCUT2D eigenvalue weighted by Gasteiger charge is 2.26. The Morgan fingerprint density at radius 1 is 1.08 bits per heavy atom. The molecular formula is C8H18O3P+. The zero-order chi connectivity index (χ0) is 9.45. The molecule has 0 aromatic rings. The highest BCUT2D eigenvalue weighted by molar-refractivity contribution is 7.58. The van der Waals surface area contributed by atoms with Gasteiger partial charge in [-0.05, 0) is 18.9 Å². The second kappa shape index (κ2) is 6.55. The van der Waals surface area contributed by atoms with Crippen molar-refractivity contribution in [3.8, 4) is 0 Å². The van der Waals surface area contributed by atoms with Crippen LogP contribution in [-0.2, 0) is 0 Å². The fourth-order valence-electron chi connectivity index (χ4n) is 0.846. The van der Waals surface area contributed by atoms with Gasteiger partial charge in [0, 0.05) is 0 Å². The van der Waals surface area contributed by atoms with Crippen LogP contribution < -0.4 is 0 Å². The van der Waals surface area contributed by atoms with Crippen LogP contribution in [0.2, 0.25) is 0 Å². The van der Waals surface area contributed by atoms with Crippen LogP contribution in [0.5, 0.6) is 0 Å². The lowest BCUT2D eigenvalue weighted by molar-refractivity contribution is 0.335. The maximum atomic E-state index is 8.59. The van der Waals surface area contributed by atoms with Crippen molar-refractivity contribution in [1.29, 1.82) is 0 Å². The molecule has 0 aliphatic carbocycles. The third-order valence-electron chi connectivity index (χ3n) is 1.49. The molecule has 0 amide bonds. The van der Waals surface area contributed by atoms with Crippen LogP contribution in [0.15, 0.2) is 12.2 Å². The minimum Gasteiger partial charge on any atom is -0.193 e. The zero-order valence-electron chi connectivity index (χ0n) is 7.48. The Labute approximate surface area is 74.3 Å². The van der Waals surface area contributed by atoms with Crippen molar-refractivity contribution < 1.29 is 14.7 Å². The van der Waals surface area contributed by atoms with Gasteiger partial charge in [-0.1, -0.05) is 25.8 Å². The number of allylic oxidation sites excluding steroid dienone is 2. The molecule has 72 valence electrons. The summed E-state index contributed by atoms with van der Waals surface area (Å²) < 4.78 is 0. The topological polar surface area (TPSA) is 60.7 Å². The molecule has 0 saturated carbocycles. The Kier molecular flexibility index (Phi) is 6.58. The Balaban J connectivity index is 3.26. The van der Waals surface area contributed by atoms with E-state index in [1.54, 1.807) is 6.08 Å². The molecular weight excluding hydrogens is 175 g/mol. The fraction of sp³-hybridized carbons (Fsp3) is 0.750. The van der Waals surface area contributed by atoms with Crippen molar-refractivity contribution in [3.05, 3.63) is 12.2 Å². The second-order valence-electron chi connectivity index (χ2n) is 2.84. The molecule has 3 nitrogen and oxygen atoms in total.